The van der Waals surface area contributed by atoms with E-state index >= 15 is 4.79 Å². The number of esters is 4. The van der Waals surface area contributed by atoms with E-state index in [2.05, 4.69) is 0 Å². The Labute approximate surface area is 547 Å². The van der Waals surface area contributed by atoms with Gasteiger partial charge in [-0.25, -0.2) is 9.59 Å². The van der Waals surface area contributed by atoms with Crippen LogP contribution in [0.15, 0.2) is 152 Å². The minimum Gasteiger partial charge on any atom is -0.463 e. The first-order valence-electron chi connectivity index (χ1n) is 31.2. The van der Waals surface area contributed by atoms with Gasteiger partial charge in [0.15, 0.2) is 43.5 Å². The van der Waals surface area contributed by atoms with Crippen molar-refractivity contribution in [3.63, 3.8) is 0 Å². The van der Waals surface area contributed by atoms with Gasteiger partial charge in [-0.15, -0.1) is 0 Å². The second-order valence-corrected chi connectivity index (χ2v) is 22.9. The number of benzene rings is 5. The Morgan fingerprint density at radius 1 is 0.340 bits per heavy atom. The van der Waals surface area contributed by atoms with Crippen molar-refractivity contribution in [2.45, 2.75) is 171 Å². The van der Waals surface area contributed by atoms with E-state index in [1.54, 1.807) is 31.2 Å². The monoisotopic (exact) mass is 1310 g/mol. The molecule has 0 radical (unpaired) electrons. The van der Waals surface area contributed by atoms with Gasteiger partial charge in [0, 0.05) is 62.4 Å². The Bertz CT molecular complexity index is 3060. The van der Waals surface area contributed by atoms with E-state index < -0.39 is 153 Å². The molecule has 0 aliphatic carbocycles. The molecule has 0 amide bonds. The molecule has 24 nitrogen and oxygen atoms in total. The Hall–Kier alpha value is -6.66. The maximum absolute atomic E-state index is 15.2. The molecule has 0 spiro atoms. The number of carbonyl (C=O) groups is 4. The maximum atomic E-state index is 15.2. The number of rotatable bonds is 31. The molecule has 24 heteroatoms. The molecule has 0 aromatic heterocycles. The fourth-order valence-corrected chi connectivity index (χ4v) is 12.0. The van der Waals surface area contributed by atoms with Crippen molar-refractivity contribution in [3.8, 4) is 0 Å². The molecule has 8 unspecified atom stereocenters. The molecule has 5 aromatic rings. The first-order valence-corrected chi connectivity index (χ1v) is 31.2. The standard InChI is InChI=1S/C70H86O24/c1-42-52(75-4)61(78-7)68(90-53(42)65(73)85-38-48-31-21-13-22-32-48)92-55-51(41-82-43(2)71)89-70(64(58(55)87-44(3)72)84-37-47-29-19-12-20-30-47)93-59-57(77-6)62(79-8)69(94-60(59)66(74)86-39-49-33-23-14-24-34-49)91-54-50(40-81-35-45-25-15-10-16-26-45)88-67(80-9)63(56(54)76-5)83-36-46-27-17-11-18-28-46/h10-34,42,50-64,67-70H,35-41H2,1-9H3/t42-,50?,51-,52+,53?,54+,55-,56+,57?,58?,59+,60-,61?,62?,63?,64?,67-,68+,69+,70-/m1/s1. The lowest BCUT2D eigenvalue weighted by molar-refractivity contribution is -0.390. The summed E-state index contributed by atoms with van der Waals surface area (Å²) in [7, 11) is 8.66. The van der Waals surface area contributed by atoms with Crippen LogP contribution in [0.2, 0.25) is 0 Å². The summed E-state index contributed by atoms with van der Waals surface area (Å²) in [5.74, 6) is -3.82. The summed E-state index contributed by atoms with van der Waals surface area (Å²) in [6, 6.07) is 46.3. The molecule has 510 valence electrons. The van der Waals surface area contributed by atoms with Gasteiger partial charge in [-0.1, -0.05) is 159 Å². The molecule has 5 aromatic carbocycles. The maximum Gasteiger partial charge on any atom is 0.338 e. The van der Waals surface area contributed by atoms with Crippen LogP contribution in [0, 0.1) is 5.92 Å². The minimum atomic E-state index is -1.75. The highest BCUT2D eigenvalue weighted by atomic mass is 16.8. The van der Waals surface area contributed by atoms with Crippen molar-refractivity contribution in [1.29, 1.82) is 0 Å². The van der Waals surface area contributed by atoms with E-state index in [4.69, 9.17) is 94.7 Å². The Balaban J connectivity index is 1.08. The van der Waals surface area contributed by atoms with Crippen LogP contribution < -0.4 is 0 Å². The lowest BCUT2D eigenvalue weighted by Gasteiger charge is -2.51. The van der Waals surface area contributed by atoms with E-state index in [-0.39, 0.29) is 39.6 Å². The van der Waals surface area contributed by atoms with Gasteiger partial charge in [0.25, 0.3) is 0 Å². The van der Waals surface area contributed by atoms with Gasteiger partial charge in [0.1, 0.15) is 87.0 Å². The molecule has 20 atom stereocenters. The van der Waals surface area contributed by atoms with Crippen LogP contribution in [0.5, 0.6) is 0 Å². The van der Waals surface area contributed by atoms with E-state index in [1.807, 2.05) is 127 Å². The number of carbonyl (C=O) groups excluding carboxylic acids is 4. The molecule has 4 aliphatic heterocycles. The SMILES string of the molecule is COC1C(OC)[C@H](O[C@H]2O[C@H](COC(C)=O)[C@@H](O[C@@H]3OC(C(=O)OCc4ccccc4)[C@H](C)[C@H](OC)C3OC)C(OC(C)=O)C2OCc2ccccc2)[C@H](C(=O)OCc2ccccc2)O[C@@H]1O[C@H]1C(COCc2ccccc2)O[C@@H](OC)C(OCc2ccccc2)[C@H]1OC. The molecule has 4 aliphatic rings. The van der Waals surface area contributed by atoms with Gasteiger partial charge in [-0.2, -0.15) is 0 Å². The molecule has 4 saturated heterocycles. The van der Waals surface area contributed by atoms with Gasteiger partial charge >= 0.3 is 23.9 Å². The zero-order chi connectivity index (χ0) is 66.5. The van der Waals surface area contributed by atoms with E-state index in [0.29, 0.717) is 11.1 Å². The third-order valence-corrected chi connectivity index (χ3v) is 16.6. The quantitative estimate of drug-likeness (QED) is 0.0328. The van der Waals surface area contributed by atoms with Crippen molar-refractivity contribution in [1.82, 2.24) is 0 Å². The molecule has 94 heavy (non-hydrogen) atoms. The van der Waals surface area contributed by atoms with Crippen LogP contribution in [0.4, 0.5) is 0 Å². The second-order valence-electron chi connectivity index (χ2n) is 22.9. The molecule has 0 bridgehead atoms. The van der Waals surface area contributed by atoms with Crippen LogP contribution in [0.1, 0.15) is 48.6 Å². The number of methoxy groups -OCH3 is 6. The number of hydrogen-bond donors (Lipinski definition) is 0. The summed E-state index contributed by atoms with van der Waals surface area (Å²) in [6.07, 6.45) is -24.6. The van der Waals surface area contributed by atoms with Crippen LogP contribution in [0.25, 0.3) is 0 Å². The largest absolute Gasteiger partial charge is 0.463 e. The van der Waals surface area contributed by atoms with Crippen LogP contribution in [-0.2, 0) is 147 Å². The first kappa shape index (κ1) is 71.6. The molecule has 0 saturated carbocycles. The summed E-state index contributed by atoms with van der Waals surface area (Å²) < 4.78 is 128. The minimum absolute atomic E-state index is 0.0455. The molecular formula is C70H86O24. The molecule has 0 N–H and O–H groups in total. The molecular weight excluding hydrogens is 1220 g/mol. The van der Waals surface area contributed by atoms with Gasteiger partial charge in [0.2, 0.25) is 0 Å². The molecule has 4 fully saturated rings. The Morgan fingerprint density at radius 3 is 1.17 bits per heavy atom. The summed E-state index contributed by atoms with van der Waals surface area (Å²) in [4.78, 5) is 55.8. The zero-order valence-electron chi connectivity index (χ0n) is 54.2. The Kier molecular flexibility index (Phi) is 27.4. The van der Waals surface area contributed by atoms with Crippen molar-refractivity contribution >= 4 is 23.9 Å². The van der Waals surface area contributed by atoms with Crippen LogP contribution in [0.3, 0.4) is 0 Å². The van der Waals surface area contributed by atoms with Gasteiger partial charge in [-0.3, -0.25) is 9.59 Å². The number of hydrogen-bond acceptors (Lipinski definition) is 24. The smallest absolute Gasteiger partial charge is 0.338 e. The Morgan fingerprint density at radius 2 is 0.713 bits per heavy atom. The van der Waals surface area contributed by atoms with Gasteiger partial charge in [0.05, 0.1) is 32.5 Å². The van der Waals surface area contributed by atoms with Gasteiger partial charge in [-0.05, 0) is 27.8 Å². The average Bonchev–Trinajstić information content (AvgIpc) is 0.773. The lowest BCUT2D eigenvalue weighted by atomic mass is 9.90. The highest BCUT2D eigenvalue weighted by molar-refractivity contribution is 5.76. The summed E-state index contributed by atoms with van der Waals surface area (Å²) in [6.45, 7) is 3.50. The lowest BCUT2D eigenvalue weighted by Crippen LogP contribution is -2.69. The zero-order valence-corrected chi connectivity index (χ0v) is 54.2. The highest BCUT2D eigenvalue weighted by Gasteiger charge is 2.60. The first-order chi connectivity index (χ1) is 45.7. The van der Waals surface area contributed by atoms with Crippen molar-refractivity contribution < 1.29 is 114 Å². The number of ether oxygens (including phenoxy) is 20. The predicted octanol–water partition coefficient (Wildman–Crippen LogP) is 6.77. The van der Waals surface area contributed by atoms with E-state index in [1.165, 1.54) is 56.5 Å². The molecule has 9 rings (SSSR count). The fraction of sp³-hybridized carbons (Fsp3) is 0.514. The third kappa shape index (κ3) is 18.7. The summed E-state index contributed by atoms with van der Waals surface area (Å²) in [5.41, 5.74) is 3.84. The fourth-order valence-electron chi connectivity index (χ4n) is 12.0. The predicted molar refractivity (Wildman–Crippen MR) is 330 cm³/mol. The topological polar surface area (TPSA) is 253 Å². The van der Waals surface area contributed by atoms with Crippen molar-refractivity contribution in [2.75, 3.05) is 55.9 Å². The summed E-state index contributed by atoms with van der Waals surface area (Å²) in [5, 5.41) is 0. The van der Waals surface area contributed by atoms with Crippen LogP contribution in [-0.4, -0.2) is 196 Å². The normalized spacial score (nSPS) is 31.0. The molecule has 4 heterocycles. The summed E-state index contributed by atoms with van der Waals surface area (Å²) >= 11 is 0. The third-order valence-electron chi connectivity index (χ3n) is 16.6. The average molecular weight is 1310 g/mol. The van der Waals surface area contributed by atoms with Crippen molar-refractivity contribution in [3.05, 3.63) is 179 Å². The highest BCUT2D eigenvalue weighted by Crippen LogP contribution is 2.40. The van der Waals surface area contributed by atoms with Crippen molar-refractivity contribution in [2.24, 2.45) is 5.92 Å². The second kappa shape index (κ2) is 35.9. The van der Waals surface area contributed by atoms with E-state index in [9.17, 15) is 14.4 Å². The van der Waals surface area contributed by atoms with Crippen LogP contribution >= 0.6 is 0 Å². The van der Waals surface area contributed by atoms with Gasteiger partial charge < -0.3 is 94.7 Å². The van der Waals surface area contributed by atoms with E-state index in [0.717, 1.165) is 16.7 Å².